The van der Waals surface area contributed by atoms with E-state index in [1.54, 1.807) is 0 Å². The van der Waals surface area contributed by atoms with Crippen molar-refractivity contribution in [3.05, 3.63) is 63.3 Å². The van der Waals surface area contributed by atoms with Crippen molar-refractivity contribution in [3.63, 3.8) is 0 Å². The maximum atomic E-state index is 10.8. The Morgan fingerprint density at radius 1 is 0.491 bits per heavy atom. The number of aliphatic hydroxyl groups excluding tert-OH is 4. The van der Waals surface area contributed by atoms with Crippen molar-refractivity contribution < 1.29 is 68.1 Å². The number of rotatable bonds is 28. The monoisotopic (exact) mass is 788 g/mol. The molecule has 0 heterocycles. The Kier molecular flexibility index (Phi) is 56.9. The van der Waals surface area contributed by atoms with Crippen LogP contribution in [0.5, 0.6) is 0 Å². The van der Waals surface area contributed by atoms with Crippen LogP contribution in [0.3, 0.4) is 0 Å². The highest BCUT2D eigenvalue weighted by atomic mass is 16.5. The minimum Gasteiger partial charge on any atom is -0.463 e. The molecule has 0 amide bonds. The number of carbonyl (C=O) groups is 5. The van der Waals surface area contributed by atoms with Gasteiger partial charge in [0.25, 0.3) is 0 Å². The van der Waals surface area contributed by atoms with Crippen LogP contribution in [0.1, 0.15) is 104 Å². The first-order valence-corrected chi connectivity index (χ1v) is 18.8. The lowest BCUT2D eigenvalue weighted by molar-refractivity contribution is -0.139. The van der Waals surface area contributed by atoms with E-state index >= 15 is 0 Å². The maximum absolute atomic E-state index is 10.8. The van der Waals surface area contributed by atoms with Gasteiger partial charge in [0.2, 0.25) is 0 Å². The predicted molar refractivity (Wildman–Crippen MR) is 214 cm³/mol. The molecule has 320 valence electrons. The predicted octanol–water partition coefficient (Wildman–Crippen LogP) is 5.66. The van der Waals surface area contributed by atoms with Gasteiger partial charge in [-0.25, -0.2) is 24.0 Å². The van der Waals surface area contributed by atoms with Gasteiger partial charge in [0.05, 0.1) is 45.7 Å². The number of ether oxygens (including phenoxy) is 5. The van der Waals surface area contributed by atoms with Gasteiger partial charge >= 0.3 is 29.8 Å². The molecule has 4 N–H and O–H groups in total. The second-order valence-electron chi connectivity index (χ2n) is 11.3. The van der Waals surface area contributed by atoms with E-state index in [1.807, 2.05) is 0 Å². The Balaban J connectivity index is -0.000000191. The van der Waals surface area contributed by atoms with E-state index in [1.165, 1.54) is 37.8 Å². The van der Waals surface area contributed by atoms with E-state index in [4.69, 9.17) is 34.6 Å². The number of carbonyl (C=O) groups excluding carboxylic acids is 5. The summed E-state index contributed by atoms with van der Waals surface area (Å²) >= 11 is 0. The molecule has 0 saturated carbocycles. The molecular weight excluding hydrogens is 716 g/mol. The van der Waals surface area contributed by atoms with Crippen LogP contribution in [0.15, 0.2) is 63.3 Å². The molecule has 0 spiro atoms. The first-order valence-electron chi connectivity index (χ1n) is 18.8. The van der Waals surface area contributed by atoms with Crippen molar-refractivity contribution >= 4 is 29.8 Å². The van der Waals surface area contributed by atoms with E-state index < -0.39 is 24.0 Å². The van der Waals surface area contributed by atoms with E-state index in [0.717, 1.165) is 50.3 Å². The van der Waals surface area contributed by atoms with Gasteiger partial charge in [-0.1, -0.05) is 92.2 Å². The molecule has 0 bridgehead atoms. The quantitative estimate of drug-likeness (QED) is 0.0326. The van der Waals surface area contributed by atoms with Gasteiger partial charge in [-0.15, -0.1) is 0 Å². The summed E-state index contributed by atoms with van der Waals surface area (Å²) in [6.07, 6.45) is 17.5. The Labute approximate surface area is 329 Å². The van der Waals surface area contributed by atoms with Crippen LogP contribution < -0.4 is 0 Å². The Morgan fingerprint density at radius 3 is 1.25 bits per heavy atom. The Bertz CT molecular complexity index is 980. The van der Waals surface area contributed by atoms with Crippen LogP contribution in [0.25, 0.3) is 0 Å². The third-order valence-electron chi connectivity index (χ3n) is 6.60. The van der Waals surface area contributed by atoms with Crippen molar-refractivity contribution in [2.45, 2.75) is 110 Å². The van der Waals surface area contributed by atoms with Gasteiger partial charge < -0.3 is 44.1 Å². The molecule has 2 atom stereocenters. The molecule has 0 aliphatic carbocycles. The van der Waals surface area contributed by atoms with Gasteiger partial charge in [-0.2, -0.15) is 0 Å². The maximum Gasteiger partial charge on any atom is 0.330 e. The lowest BCUT2D eigenvalue weighted by Gasteiger charge is -2.13. The molecule has 0 aromatic rings. The molecule has 0 aliphatic rings. The van der Waals surface area contributed by atoms with E-state index in [0.29, 0.717) is 58.0 Å². The molecule has 55 heavy (non-hydrogen) atoms. The molecule has 0 aromatic carbocycles. The van der Waals surface area contributed by atoms with Crippen molar-refractivity contribution in [2.24, 2.45) is 5.92 Å². The molecule has 2 unspecified atom stereocenters. The zero-order valence-corrected chi connectivity index (χ0v) is 33.8. The van der Waals surface area contributed by atoms with Crippen LogP contribution in [0.4, 0.5) is 0 Å². The van der Waals surface area contributed by atoms with Gasteiger partial charge in [-0.05, 0) is 50.9 Å². The number of aliphatic hydroxyl groups is 4. The average molecular weight is 789 g/mol. The zero-order valence-electron chi connectivity index (χ0n) is 33.8. The second-order valence-corrected chi connectivity index (χ2v) is 11.3. The van der Waals surface area contributed by atoms with Gasteiger partial charge in [-0.3, -0.25) is 0 Å². The van der Waals surface area contributed by atoms with Crippen LogP contribution >= 0.6 is 0 Å². The standard InChI is InChI=1S/C11H20O2.C9H16O4.C9H16O2.C7H12O3.C5H8O3/c1-4-7-8-10(5-2)9-13-11(12)6-3;1-2-9(12)13-6-4-3-5-8(11)7-10;1-3-5-6-7-8-11-9(10)4-2;1-2-7(9)10-6-4-3-5-8;1-2-5(7)8-4-3-6/h6,10H,3-5,7-9H2,1-2H3;2,8,10-11H,1,3-7H2;4H,2-3,5-8H2,1H3;2,8H,1,3-6H2;2,6H,1,3-4H2. The summed E-state index contributed by atoms with van der Waals surface area (Å²) in [5.41, 5.74) is 0. The van der Waals surface area contributed by atoms with Crippen molar-refractivity contribution in [3.8, 4) is 0 Å². The molecule has 0 aromatic heterocycles. The van der Waals surface area contributed by atoms with E-state index in [2.05, 4.69) is 63.1 Å². The summed E-state index contributed by atoms with van der Waals surface area (Å²) in [4.78, 5) is 52.3. The van der Waals surface area contributed by atoms with Crippen LogP contribution in [-0.4, -0.2) is 109 Å². The molecule has 0 rings (SSSR count). The minimum absolute atomic E-state index is 0.0465. The summed E-state index contributed by atoms with van der Waals surface area (Å²) in [5.74, 6) is -1.44. The summed E-state index contributed by atoms with van der Waals surface area (Å²) in [7, 11) is 0. The molecule has 14 heteroatoms. The summed E-state index contributed by atoms with van der Waals surface area (Å²) in [6.45, 7) is 24.4. The number of unbranched alkanes of at least 4 members (excludes halogenated alkanes) is 6. The van der Waals surface area contributed by atoms with Crippen molar-refractivity contribution in [1.82, 2.24) is 0 Å². The number of esters is 5. The third kappa shape index (κ3) is 59.4. The molecular formula is C41H72O14. The highest BCUT2D eigenvalue weighted by molar-refractivity contribution is 5.82. The third-order valence-corrected chi connectivity index (χ3v) is 6.60. The van der Waals surface area contributed by atoms with Crippen molar-refractivity contribution in [1.29, 1.82) is 0 Å². The first-order chi connectivity index (χ1) is 26.4. The molecule has 14 nitrogen and oxygen atoms in total. The second kappa shape index (κ2) is 52.0. The smallest absolute Gasteiger partial charge is 0.330 e. The SMILES string of the molecule is C=CC(=O)OCC(CC)CCCC.C=CC(=O)OCCCCC(O)CO.C=CC(=O)OCCCCCC.C=CC(=O)OCCCCO.C=CC(=O)OCCO. The fourth-order valence-corrected chi connectivity index (χ4v) is 3.37. The largest absolute Gasteiger partial charge is 0.463 e. The van der Waals surface area contributed by atoms with Gasteiger partial charge in [0, 0.05) is 37.0 Å². The fraction of sp³-hybridized carbons (Fsp3) is 0.634. The molecule has 0 aliphatic heterocycles. The Hall–Kier alpha value is -4.11. The summed E-state index contributed by atoms with van der Waals surface area (Å²) < 4.78 is 23.4. The molecule has 0 fully saturated rings. The van der Waals surface area contributed by atoms with Gasteiger partial charge in [0.15, 0.2) is 0 Å². The van der Waals surface area contributed by atoms with E-state index in [9.17, 15) is 24.0 Å². The lowest BCUT2D eigenvalue weighted by Crippen LogP contribution is -2.12. The average Bonchev–Trinajstić information content (AvgIpc) is 3.21. The minimum atomic E-state index is -0.657. The molecule has 0 radical (unpaired) electrons. The number of hydrogen-bond donors (Lipinski definition) is 4. The number of hydrogen-bond acceptors (Lipinski definition) is 14. The van der Waals surface area contributed by atoms with Crippen molar-refractivity contribution in [2.75, 3.05) is 52.9 Å². The highest BCUT2D eigenvalue weighted by Gasteiger charge is 2.07. The van der Waals surface area contributed by atoms with Gasteiger partial charge in [0.1, 0.15) is 6.61 Å². The van der Waals surface area contributed by atoms with Crippen LogP contribution in [-0.2, 0) is 47.7 Å². The zero-order chi connectivity index (χ0) is 43.0. The summed E-state index contributed by atoms with van der Waals surface area (Å²) in [5, 5.41) is 33.8. The van der Waals surface area contributed by atoms with E-state index in [-0.39, 0.29) is 38.4 Å². The lowest BCUT2D eigenvalue weighted by atomic mass is 10.0. The summed E-state index contributed by atoms with van der Waals surface area (Å²) in [6, 6.07) is 0. The Morgan fingerprint density at radius 2 is 0.891 bits per heavy atom. The van der Waals surface area contributed by atoms with Crippen LogP contribution in [0.2, 0.25) is 0 Å². The van der Waals surface area contributed by atoms with Crippen LogP contribution in [0, 0.1) is 5.92 Å². The first kappa shape index (κ1) is 60.1. The topological polar surface area (TPSA) is 212 Å². The molecule has 0 saturated heterocycles. The fourth-order valence-electron chi connectivity index (χ4n) is 3.37. The highest BCUT2D eigenvalue weighted by Crippen LogP contribution is 2.12. The normalized spacial score (nSPS) is 10.4.